The van der Waals surface area contributed by atoms with Crippen LogP contribution in [0.4, 0.5) is 4.39 Å². The first-order chi connectivity index (χ1) is 10.8. The molecule has 0 heterocycles. The molecule has 0 aliphatic rings. The predicted molar refractivity (Wildman–Crippen MR) is 95.4 cm³/mol. The molecule has 0 aromatic heterocycles. The molecule has 0 saturated heterocycles. The van der Waals surface area contributed by atoms with E-state index in [9.17, 15) is 14.0 Å². The van der Waals surface area contributed by atoms with Crippen molar-refractivity contribution in [3.8, 4) is 0 Å². The Hall–Kier alpha value is -1.66. The Morgan fingerprint density at radius 2 is 2.00 bits per heavy atom. The summed E-state index contributed by atoms with van der Waals surface area (Å²) in [6.07, 6.45) is 0.768. The number of halogens is 2. The minimum Gasteiger partial charge on any atom is -0.347 e. The van der Waals surface area contributed by atoms with Crippen LogP contribution in [-0.2, 0) is 16.0 Å². The summed E-state index contributed by atoms with van der Waals surface area (Å²) >= 11 is 0. The largest absolute Gasteiger partial charge is 0.347 e. The van der Waals surface area contributed by atoms with Crippen molar-refractivity contribution in [3.05, 3.63) is 35.6 Å². The predicted octanol–water partition coefficient (Wildman–Crippen LogP) is 1.74. The molecule has 1 unspecified atom stereocenters. The number of hydrogen-bond acceptors (Lipinski definition) is 3. The monoisotopic (exact) mass is 359 g/mol. The van der Waals surface area contributed by atoms with E-state index in [2.05, 4.69) is 5.32 Å². The van der Waals surface area contributed by atoms with E-state index in [-0.39, 0.29) is 49.0 Å². The summed E-state index contributed by atoms with van der Waals surface area (Å²) in [5, 5.41) is 2.56. The second kappa shape index (κ2) is 11.0. The summed E-state index contributed by atoms with van der Waals surface area (Å²) in [5.41, 5.74) is 6.52. The first kappa shape index (κ1) is 22.3. The fourth-order valence-corrected chi connectivity index (χ4v) is 2.00. The quantitative estimate of drug-likeness (QED) is 0.742. The van der Waals surface area contributed by atoms with Crippen molar-refractivity contribution in [1.29, 1.82) is 0 Å². The van der Waals surface area contributed by atoms with E-state index in [0.717, 1.165) is 6.42 Å². The van der Waals surface area contributed by atoms with Gasteiger partial charge in [-0.2, -0.15) is 0 Å². The van der Waals surface area contributed by atoms with Crippen molar-refractivity contribution < 1.29 is 14.0 Å². The van der Waals surface area contributed by atoms with E-state index < -0.39 is 0 Å². The molecule has 1 atom stereocenters. The minimum atomic E-state index is -0.382. The van der Waals surface area contributed by atoms with Gasteiger partial charge < -0.3 is 16.0 Å². The highest BCUT2D eigenvalue weighted by molar-refractivity contribution is 5.86. The van der Waals surface area contributed by atoms with E-state index in [1.165, 1.54) is 12.1 Å². The van der Waals surface area contributed by atoms with Gasteiger partial charge in [0.05, 0.1) is 13.0 Å². The van der Waals surface area contributed by atoms with Crippen LogP contribution in [0.5, 0.6) is 0 Å². The molecule has 3 N–H and O–H groups in total. The number of rotatable bonds is 8. The van der Waals surface area contributed by atoms with Gasteiger partial charge in [0.25, 0.3) is 0 Å². The number of hydrogen-bond donors (Lipinski definition) is 2. The van der Waals surface area contributed by atoms with Crippen LogP contribution >= 0.6 is 12.4 Å². The number of carbonyl (C=O) groups excluding carboxylic acids is 2. The zero-order valence-electron chi connectivity index (χ0n) is 14.4. The van der Waals surface area contributed by atoms with Crippen LogP contribution in [-0.4, -0.2) is 42.9 Å². The SMILES string of the molecule is CC(C)C(N)CCN(C)C(=O)CNC(=O)Cc1cccc(F)c1.Cl. The molecule has 0 saturated carbocycles. The molecule has 0 radical (unpaired) electrons. The molecule has 136 valence electrons. The Kier molecular flexibility index (Phi) is 10.2. The highest BCUT2D eigenvalue weighted by Gasteiger charge is 2.14. The van der Waals surface area contributed by atoms with E-state index in [4.69, 9.17) is 5.73 Å². The molecule has 1 aromatic carbocycles. The molecule has 7 heteroatoms. The third-order valence-corrected chi connectivity index (χ3v) is 3.77. The third-order valence-electron chi connectivity index (χ3n) is 3.77. The summed E-state index contributed by atoms with van der Waals surface area (Å²) in [4.78, 5) is 25.3. The van der Waals surface area contributed by atoms with E-state index in [1.807, 2.05) is 13.8 Å². The maximum atomic E-state index is 13.0. The molecule has 2 amide bonds. The van der Waals surface area contributed by atoms with Crippen molar-refractivity contribution in [3.63, 3.8) is 0 Å². The molecular formula is C17H27ClFN3O2. The van der Waals surface area contributed by atoms with Gasteiger partial charge in [-0.3, -0.25) is 9.59 Å². The van der Waals surface area contributed by atoms with Gasteiger partial charge in [0.1, 0.15) is 5.82 Å². The Bertz CT molecular complexity index is 540. The van der Waals surface area contributed by atoms with Gasteiger partial charge >= 0.3 is 0 Å². The second-order valence-corrected chi connectivity index (χ2v) is 6.10. The molecule has 24 heavy (non-hydrogen) atoms. The van der Waals surface area contributed by atoms with Gasteiger partial charge in [0.15, 0.2) is 0 Å². The fraction of sp³-hybridized carbons (Fsp3) is 0.529. The molecule has 1 rings (SSSR count). The van der Waals surface area contributed by atoms with Crippen molar-refractivity contribution in [2.24, 2.45) is 11.7 Å². The van der Waals surface area contributed by atoms with Gasteiger partial charge in [-0.05, 0) is 30.0 Å². The third kappa shape index (κ3) is 8.26. The minimum absolute atomic E-state index is 0. The Morgan fingerprint density at radius 3 is 2.58 bits per heavy atom. The summed E-state index contributed by atoms with van der Waals surface area (Å²) < 4.78 is 13.0. The number of nitrogens with zero attached hydrogens (tertiary/aromatic N) is 1. The number of likely N-dealkylation sites (N-methyl/N-ethyl adjacent to an activating group) is 1. The smallest absolute Gasteiger partial charge is 0.241 e. The number of nitrogens with one attached hydrogen (secondary N) is 1. The first-order valence-corrected chi connectivity index (χ1v) is 7.80. The molecule has 0 fully saturated rings. The van der Waals surface area contributed by atoms with Crippen LogP contribution in [0.3, 0.4) is 0 Å². The lowest BCUT2D eigenvalue weighted by Gasteiger charge is -2.21. The molecule has 0 aliphatic carbocycles. The van der Waals surface area contributed by atoms with Crippen LogP contribution in [0.2, 0.25) is 0 Å². The molecule has 0 spiro atoms. The Labute approximate surface area is 149 Å². The van der Waals surface area contributed by atoms with Crippen molar-refractivity contribution >= 4 is 24.2 Å². The molecular weight excluding hydrogens is 333 g/mol. The van der Waals surface area contributed by atoms with Gasteiger partial charge in [0, 0.05) is 19.6 Å². The number of amides is 2. The van der Waals surface area contributed by atoms with Crippen molar-refractivity contribution in [2.45, 2.75) is 32.7 Å². The second-order valence-electron chi connectivity index (χ2n) is 6.10. The lowest BCUT2D eigenvalue weighted by molar-refractivity contribution is -0.131. The lowest BCUT2D eigenvalue weighted by Crippen LogP contribution is -2.40. The normalized spacial score (nSPS) is 11.6. The number of carbonyl (C=O) groups is 2. The van der Waals surface area contributed by atoms with Crippen LogP contribution in [0, 0.1) is 11.7 Å². The number of benzene rings is 1. The molecule has 0 aliphatic heterocycles. The molecule has 1 aromatic rings. The van der Waals surface area contributed by atoms with Crippen LogP contribution in [0.15, 0.2) is 24.3 Å². The van der Waals surface area contributed by atoms with Gasteiger partial charge in [0.2, 0.25) is 11.8 Å². The van der Waals surface area contributed by atoms with Crippen LogP contribution < -0.4 is 11.1 Å². The highest BCUT2D eigenvalue weighted by atomic mass is 35.5. The van der Waals surface area contributed by atoms with Crippen molar-refractivity contribution in [1.82, 2.24) is 10.2 Å². The summed E-state index contributed by atoms with van der Waals surface area (Å²) in [7, 11) is 1.69. The standard InChI is InChI=1S/C17H26FN3O2.ClH/c1-12(2)15(19)7-8-21(3)17(23)11-20-16(22)10-13-5-4-6-14(18)9-13;/h4-6,9,12,15H,7-8,10-11,19H2,1-3H3,(H,20,22);1H. The average Bonchev–Trinajstić information content (AvgIpc) is 2.49. The molecule has 0 bridgehead atoms. The lowest BCUT2D eigenvalue weighted by atomic mass is 10.0. The van der Waals surface area contributed by atoms with Crippen molar-refractivity contribution in [2.75, 3.05) is 20.1 Å². The van der Waals surface area contributed by atoms with E-state index in [1.54, 1.807) is 24.1 Å². The van der Waals surface area contributed by atoms with E-state index in [0.29, 0.717) is 18.0 Å². The zero-order chi connectivity index (χ0) is 17.4. The molecule has 5 nitrogen and oxygen atoms in total. The average molecular weight is 360 g/mol. The van der Waals surface area contributed by atoms with Gasteiger partial charge in [-0.25, -0.2) is 4.39 Å². The van der Waals surface area contributed by atoms with Gasteiger partial charge in [-0.15, -0.1) is 12.4 Å². The maximum Gasteiger partial charge on any atom is 0.241 e. The Balaban J connectivity index is 0.00000529. The van der Waals surface area contributed by atoms with E-state index >= 15 is 0 Å². The van der Waals surface area contributed by atoms with Crippen LogP contribution in [0.1, 0.15) is 25.8 Å². The fourth-order valence-electron chi connectivity index (χ4n) is 2.00. The first-order valence-electron chi connectivity index (χ1n) is 7.80. The number of nitrogens with two attached hydrogens (primary N) is 1. The zero-order valence-corrected chi connectivity index (χ0v) is 15.2. The summed E-state index contributed by atoms with van der Waals surface area (Å²) in [6.45, 7) is 4.57. The topological polar surface area (TPSA) is 75.4 Å². The van der Waals surface area contributed by atoms with Crippen LogP contribution in [0.25, 0.3) is 0 Å². The summed E-state index contributed by atoms with van der Waals surface area (Å²) in [5.74, 6) is -0.498. The maximum absolute atomic E-state index is 13.0. The summed E-state index contributed by atoms with van der Waals surface area (Å²) in [6, 6.07) is 5.90. The highest BCUT2D eigenvalue weighted by Crippen LogP contribution is 2.05. The Morgan fingerprint density at radius 1 is 1.33 bits per heavy atom. The van der Waals surface area contributed by atoms with Gasteiger partial charge in [-0.1, -0.05) is 26.0 Å².